The molecule has 0 saturated carbocycles. The van der Waals surface area contributed by atoms with E-state index in [0.29, 0.717) is 12.3 Å². The molecule has 1 N–H and O–H groups in total. The zero-order valence-electron chi connectivity index (χ0n) is 12.9. The predicted molar refractivity (Wildman–Crippen MR) is 85.3 cm³/mol. The number of carbonyl (C=O) groups is 2. The van der Waals surface area contributed by atoms with Gasteiger partial charge in [-0.05, 0) is 37.3 Å². The van der Waals surface area contributed by atoms with E-state index >= 15 is 0 Å². The summed E-state index contributed by atoms with van der Waals surface area (Å²) in [5.74, 6) is 0.198. The normalized spacial score (nSPS) is 17.3. The molecule has 1 atom stereocenters. The second-order valence-electron chi connectivity index (χ2n) is 5.46. The number of nitrogens with zero attached hydrogens (tertiary/aromatic N) is 2. The summed E-state index contributed by atoms with van der Waals surface area (Å²) >= 11 is 0. The molecule has 1 unspecified atom stereocenters. The highest BCUT2D eigenvalue weighted by Crippen LogP contribution is 2.24. The molecule has 3 heterocycles. The lowest BCUT2D eigenvalue weighted by Gasteiger charge is -2.35. The second-order valence-corrected chi connectivity index (χ2v) is 5.46. The summed E-state index contributed by atoms with van der Waals surface area (Å²) in [6.45, 7) is 3.43. The first-order chi connectivity index (χ1) is 11.1. The van der Waals surface area contributed by atoms with Gasteiger partial charge in [0.15, 0.2) is 0 Å². The Balaban J connectivity index is 1.53. The molecule has 0 aromatic carbocycles. The zero-order chi connectivity index (χ0) is 16.2. The van der Waals surface area contributed by atoms with Crippen LogP contribution in [0.4, 0.5) is 0 Å². The number of hydrogen-bond acceptors (Lipinski definition) is 3. The van der Waals surface area contributed by atoms with Gasteiger partial charge in [0.1, 0.15) is 5.76 Å². The first kappa shape index (κ1) is 15.1. The van der Waals surface area contributed by atoms with Gasteiger partial charge in [0.25, 0.3) is 0 Å². The van der Waals surface area contributed by atoms with Crippen molar-refractivity contribution in [3.63, 3.8) is 0 Å². The molecule has 23 heavy (non-hydrogen) atoms. The summed E-state index contributed by atoms with van der Waals surface area (Å²) in [7, 11) is 0. The predicted octanol–water partition coefficient (Wildman–Crippen LogP) is 1.81. The fraction of sp³-hybridized carbons (Fsp3) is 0.294. The molecule has 120 valence electrons. The Kier molecular flexibility index (Phi) is 4.32. The summed E-state index contributed by atoms with van der Waals surface area (Å²) < 4.78 is 7.25. The third-order valence-electron chi connectivity index (χ3n) is 4.02. The van der Waals surface area contributed by atoms with Crippen LogP contribution in [0.5, 0.6) is 0 Å². The van der Waals surface area contributed by atoms with Crippen molar-refractivity contribution in [1.29, 1.82) is 0 Å². The van der Waals surface area contributed by atoms with E-state index in [1.54, 1.807) is 23.1 Å². The minimum Gasteiger partial charge on any atom is -0.465 e. The van der Waals surface area contributed by atoms with Crippen LogP contribution in [0, 0.1) is 0 Å². The van der Waals surface area contributed by atoms with Gasteiger partial charge in [-0.1, -0.05) is 0 Å². The maximum Gasteiger partial charge on any atom is 0.244 e. The van der Waals surface area contributed by atoms with E-state index in [1.807, 2.05) is 25.3 Å². The average molecular weight is 313 g/mol. The molecule has 0 aliphatic carbocycles. The Bertz CT molecular complexity index is 715. The van der Waals surface area contributed by atoms with Gasteiger partial charge in [-0.2, -0.15) is 0 Å². The number of furan rings is 1. The van der Waals surface area contributed by atoms with E-state index in [9.17, 15) is 9.59 Å². The van der Waals surface area contributed by atoms with Gasteiger partial charge in [0.2, 0.25) is 11.8 Å². The maximum absolute atomic E-state index is 12.3. The van der Waals surface area contributed by atoms with Crippen molar-refractivity contribution >= 4 is 17.9 Å². The molecule has 2 aromatic rings. The van der Waals surface area contributed by atoms with Crippen molar-refractivity contribution < 1.29 is 14.0 Å². The van der Waals surface area contributed by atoms with Crippen molar-refractivity contribution in [2.45, 2.75) is 19.5 Å². The van der Waals surface area contributed by atoms with E-state index in [2.05, 4.69) is 9.88 Å². The van der Waals surface area contributed by atoms with Crippen molar-refractivity contribution in [2.24, 2.45) is 0 Å². The van der Waals surface area contributed by atoms with Crippen LogP contribution in [0.1, 0.15) is 24.4 Å². The Morgan fingerprint density at radius 1 is 1.35 bits per heavy atom. The van der Waals surface area contributed by atoms with E-state index in [4.69, 9.17) is 4.42 Å². The maximum atomic E-state index is 12.3. The molecule has 6 nitrogen and oxygen atoms in total. The fourth-order valence-corrected chi connectivity index (χ4v) is 2.79. The number of fused-ring (bicyclic) bond motifs is 1. The first-order valence-corrected chi connectivity index (χ1v) is 7.59. The topological polar surface area (TPSA) is 67.5 Å². The lowest BCUT2D eigenvalue weighted by molar-refractivity contribution is -0.134. The summed E-state index contributed by atoms with van der Waals surface area (Å²) in [5.41, 5.74) is 1.12. The van der Waals surface area contributed by atoms with Crippen LogP contribution in [0.2, 0.25) is 0 Å². The molecular formula is C17H19N3O3. The van der Waals surface area contributed by atoms with Crippen LogP contribution < -0.4 is 5.32 Å². The van der Waals surface area contributed by atoms with E-state index in [-0.39, 0.29) is 24.4 Å². The standard InChI is InChI=1S/C17H19N3O3/c1-13-15-5-2-8-19(15)9-10-20(13)17(22)12-18-16(21)7-6-14-4-3-11-23-14/h2-8,11,13H,9-10,12H2,1H3,(H,18,21)/b7-6+. The van der Waals surface area contributed by atoms with Crippen LogP contribution >= 0.6 is 0 Å². The number of hydrogen-bond donors (Lipinski definition) is 1. The molecule has 3 rings (SSSR count). The Morgan fingerprint density at radius 3 is 3.00 bits per heavy atom. The van der Waals surface area contributed by atoms with Gasteiger partial charge >= 0.3 is 0 Å². The molecule has 2 aromatic heterocycles. The van der Waals surface area contributed by atoms with Gasteiger partial charge in [0, 0.05) is 31.1 Å². The number of aromatic nitrogens is 1. The van der Waals surface area contributed by atoms with Crippen LogP contribution in [0.3, 0.4) is 0 Å². The SMILES string of the molecule is CC1c2cccn2CCN1C(=O)CNC(=O)/C=C/c1ccco1. The Labute approximate surface area is 134 Å². The van der Waals surface area contributed by atoms with Crippen molar-refractivity contribution in [1.82, 2.24) is 14.8 Å². The average Bonchev–Trinajstić information content (AvgIpc) is 3.22. The molecule has 0 bridgehead atoms. The van der Waals surface area contributed by atoms with Crippen LogP contribution in [-0.2, 0) is 16.1 Å². The third kappa shape index (κ3) is 3.36. The monoisotopic (exact) mass is 313 g/mol. The molecule has 0 spiro atoms. The lowest BCUT2D eigenvalue weighted by atomic mass is 10.1. The summed E-state index contributed by atoms with van der Waals surface area (Å²) in [6.07, 6.45) is 6.48. The largest absolute Gasteiger partial charge is 0.465 e. The van der Waals surface area contributed by atoms with Gasteiger partial charge in [-0.3, -0.25) is 9.59 Å². The van der Waals surface area contributed by atoms with E-state index in [1.165, 1.54) is 12.3 Å². The molecule has 0 fully saturated rings. The molecule has 0 saturated heterocycles. The minimum atomic E-state index is -0.317. The number of rotatable bonds is 4. The highest BCUT2D eigenvalue weighted by atomic mass is 16.3. The Morgan fingerprint density at radius 2 is 2.22 bits per heavy atom. The molecule has 2 amide bonds. The summed E-state index contributed by atoms with van der Waals surface area (Å²) in [4.78, 5) is 25.9. The molecule has 6 heteroatoms. The summed E-state index contributed by atoms with van der Waals surface area (Å²) in [6, 6.07) is 7.52. The molecule has 1 aliphatic heterocycles. The minimum absolute atomic E-state index is 0.00756. The van der Waals surface area contributed by atoms with Crippen LogP contribution in [0.25, 0.3) is 6.08 Å². The van der Waals surface area contributed by atoms with Gasteiger partial charge in [-0.15, -0.1) is 0 Å². The molecule has 1 aliphatic rings. The van der Waals surface area contributed by atoms with E-state index in [0.717, 1.165) is 12.2 Å². The summed E-state index contributed by atoms with van der Waals surface area (Å²) in [5, 5.41) is 2.62. The number of amides is 2. The van der Waals surface area contributed by atoms with Crippen molar-refractivity contribution in [3.8, 4) is 0 Å². The lowest BCUT2D eigenvalue weighted by Crippen LogP contribution is -2.45. The third-order valence-corrected chi connectivity index (χ3v) is 4.02. The second kappa shape index (κ2) is 6.56. The van der Waals surface area contributed by atoms with Crippen molar-refractivity contribution in [3.05, 3.63) is 54.3 Å². The first-order valence-electron chi connectivity index (χ1n) is 7.59. The van der Waals surface area contributed by atoms with Gasteiger partial charge in [-0.25, -0.2) is 0 Å². The van der Waals surface area contributed by atoms with Crippen molar-refractivity contribution in [2.75, 3.05) is 13.1 Å². The fourth-order valence-electron chi connectivity index (χ4n) is 2.79. The van der Waals surface area contributed by atoms with Gasteiger partial charge in [0.05, 0.1) is 18.8 Å². The van der Waals surface area contributed by atoms with Gasteiger partial charge < -0.3 is 19.2 Å². The highest BCUT2D eigenvalue weighted by molar-refractivity contribution is 5.94. The van der Waals surface area contributed by atoms with E-state index < -0.39 is 0 Å². The smallest absolute Gasteiger partial charge is 0.244 e. The highest BCUT2D eigenvalue weighted by Gasteiger charge is 2.27. The quantitative estimate of drug-likeness (QED) is 0.876. The van der Waals surface area contributed by atoms with Crippen LogP contribution in [0.15, 0.2) is 47.2 Å². The van der Waals surface area contributed by atoms with Crippen LogP contribution in [-0.4, -0.2) is 34.4 Å². The zero-order valence-corrected chi connectivity index (χ0v) is 12.9. The Hall–Kier alpha value is -2.76. The number of nitrogens with one attached hydrogen (secondary N) is 1. The molecular weight excluding hydrogens is 294 g/mol. The number of carbonyl (C=O) groups excluding carboxylic acids is 2. The molecule has 0 radical (unpaired) electrons.